The Morgan fingerprint density at radius 2 is 1.84 bits per heavy atom. The van der Waals surface area contributed by atoms with Crippen LogP contribution in [0.15, 0.2) is 55.2 Å². The topological polar surface area (TPSA) is 263 Å². The molecule has 3 saturated heterocycles. The van der Waals surface area contributed by atoms with Crippen molar-refractivity contribution in [2.45, 2.75) is 62.4 Å². The number of ether oxygens (including phenoxy) is 1. The maximum Gasteiger partial charge on any atom is 0.434 e. The predicted octanol–water partition coefficient (Wildman–Crippen LogP) is 0.418. The number of aromatic nitrogens is 6. The molecule has 5 atom stereocenters. The molecule has 21 nitrogen and oxygen atoms in total. The number of urea groups is 1. The number of fused-ring (bicyclic) bond motifs is 2. The first-order chi connectivity index (χ1) is 32.1. The monoisotopic (exact) mass is 929 g/mol. The van der Waals surface area contributed by atoms with E-state index in [0.29, 0.717) is 78.8 Å². The summed E-state index contributed by atoms with van der Waals surface area (Å²) < 4.78 is 44.7. The number of nitrogens with one attached hydrogen (secondary N) is 4. The van der Waals surface area contributed by atoms with Crippen LogP contribution in [0.5, 0.6) is 0 Å². The number of alkyl halides is 3. The number of hydrogen-bond donors (Lipinski definition) is 6. The summed E-state index contributed by atoms with van der Waals surface area (Å²) in [5, 5.41) is 42.2. The highest BCUT2D eigenvalue weighted by Gasteiger charge is 2.46. The number of anilines is 3. The molecule has 4 aliphatic rings. The number of piperazine rings is 1. The number of pyridine rings is 2. The van der Waals surface area contributed by atoms with Crippen LogP contribution in [0.25, 0.3) is 11.3 Å². The first-order valence-corrected chi connectivity index (χ1v) is 21.7. The lowest BCUT2D eigenvalue weighted by Gasteiger charge is -2.39. The van der Waals surface area contributed by atoms with Crippen LogP contribution in [0.2, 0.25) is 0 Å². The van der Waals surface area contributed by atoms with E-state index in [1.807, 2.05) is 34.6 Å². The fourth-order valence-corrected chi connectivity index (χ4v) is 8.61. The number of carbonyl (C=O) groups excluding carboxylic acids is 3. The lowest BCUT2D eigenvalue weighted by atomic mass is 9.94. The molecule has 0 radical (unpaired) electrons. The molecule has 4 aromatic heterocycles. The Labute approximate surface area is 382 Å². The molecular weight excluding hydrogens is 880 g/mol. The van der Waals surface area contributed by atoms with Gasteiger partial charge in [0.05, 0.1) is 67.1 Å². The molecule has 8 heterocycles. The largest absolute Gasteiger partial charge is 0.434 e. The lowest BCUT2D eigenvalue weighted by molar-refractivity contribution is -0.141. The highest BCUT2D eigenvalue weighted by molar-refractivity contribution is 6.12. The standard InChI is InChI=1S/C43H50F3N15O6/c1-42(2)38(65)28-5-6-29(56-39(28)61(42)22-25-4-3-7-50-30(25)14-47)26-15-53-40(54-16-26)58-9-10-60-27(23-58)24-59(41(60)66)11-13-67-12-8-51-35(62)21-48-17-31-36(63)37(64)32(18-52-31)55-34-20-49-19-33(57-34)43(44,45)46/h3-7,15-16,19-20,27,31-32,36-37,48,52,63-64H,8-13,17-18,21-24H2,1-2H3,(H,51,62)(H,55,57)/t27-,31+,32-,36-,37+/m0/s1. The van der Waals surface area contributed by atoms with Crippen LogP contribution in [0.4, 0.5) is 35.5 Å². The maximum absolute atomic E-state index is 13.4. The number of aliphatic hydroxyl groups excluding tert-OH is 2. The van der Waals surface area contributed by atoms with Gasteiger partial charge in [0.15, 0.2) is 11.5 Å². The second-order valence-electron chi connectivity index (χ2n) is 17.1. The summed E-state index contributed by atoms with van der Waals surface area (Å²) >= 11 is 0. The van der Waals surface area contributed by atoms with Gasteiger partial charge in [-0.25, -0.2) is 29.7 Å². The van der Waals surface area contributed by atoms with Crippen LogP contribution in [0.1, 0.15) is 41.2 Å². The van der Waals surface area contributed by atoms with Crippen LogP contribution in [0.3, 0.4) is 0 Å². The summed E-state index contributed by atoms with van der Waals surface area (Å²) in [6.45, 7) is 7.24. The van der Waals surface area contributed by atoms with Gasteiger partial charge in [0.25, 0.3) is 0 Å². The van der Waals surface area contributed by atoms with Crippen LogP contribution in [-0.2, 0) is 22.3 Å². The Morgan fingerprint density at radius 3 is 2.61 bits per heavy atom. The number of carbonyl (C=O) groups is 3. The smallest absolute Gasteiger partial charge is 0.389 e. The first-order valence-electron chi connectivity index (χ1n) is 21.7. The molecule has 67 heavy (non-hydrogen) atoms. The molecule has 0 saturated carbocycles. The number of nitriles is 1. The number of aliphatic hydroxyl groups is 2. The zero-order chi connectivity index (χ0) is 47.5. The number of halogens is 3. The van der Waals surface area contributed by atoms with E-state index in [0.717, 1.165) is 6.20 Å². The van der Waals surface area contributed by atoms with Crippen LogP contribution in [0, 0.1) is 11.3 Å². The fraction of sp³-hybridized carbons (Fsp3) is 0.488. The fourth-order valence-electron chi connectivity index (χ4n) is 8.61. The van der Waals surface area contributed by atoms with Gasteiger partial charge < -0.3 is 55.8 Å². The SMILES string of the molecule is CC1(C)C(=O)c2ccc(-c3cnc(N4CCN5C(=O)N(CCOCCNC(=O)CNC[C@H]6NC[C@H](Nc7cncc(C(F)(F)F)n7)[C@@H](O)[C@H]6O)C[C@@H]5C4)nc3)nc2N1Cc1cccnc1C#N. The zero-order valence-electron chi connectivity index (χ0n) is 36.6. The Hall–Kier alpha value is -6.65. The van der Waals surface area contributed by atoms with E-state index in [4.69, 9.17) is 9.72 Å². The van der Waals surface area contributed by atoms with Crippen molar-refractivity contribution >= 4 is 35.3 Å². The molecule has 0 spiro atoms. The average Bonchev–Trinajstić information content (AvgIpc) is 3.73. The molecule has 3 amide bonds. The second-order valence-corrected chi connectivity index (χ2v) is 17.1. The Bertz CT molecular complexity index is 2490. The number of nitrogens with zero attached hydrogens (tertiary/aromatic N) is 11. The van der Waals surface area contributed by atoms with E-state index in [1.165, 1.54) is 0 Å². The third-order valence-corrected chi connectivity index (χ3v) is 12.3. The molecule has 4 aromatic rings. The molecule has 0 unspecified atom stereocenters. The molecule has 354 valence electrons. The summed E-state index contributed by atoms with van der Waals surface area (Å²) in [5.74, 6) is 0.448. The van der Waals surface area contributed by atoms with E-state index in [-0.39, 0.29) is 75.5 Å². The van der Waals surface area contributed by atoms with Crippen LogP contribution < -0.4 is 31.1 Å². The van der Waals surface area contributed by atoms with Gasteiger partial charge in [-0.3, -0.25) is 14.6 Å². The molecule has 3 fully saturated rings. The molecular formula is C43H50F3N15O6. The molecule has 8 rings (SSSR count). The Kier molecular flexibility index (Phi) is 13.8. The van der Waals surface area contributed by atoms with Gasteiger partial charge in [0.2, 0.25) is 11.9 Å². The third kappa shape index (κ3) is 10.2. The van der Waals surface area contributed by atoms with Gasteiger partial charge in [0, 0.05) is 94.7 Å². The number of hydrogen-bond acceptors (Lipinski definition) is 18. The number of ketones is 1. The van der Waals surface area contributed by atoms with Crippen molar-refractivity contribution < 1.29 is 42.5 Å². The number of Topliss-reactive ketones (excluding diaryl/α,β-unsaturated/α-hetero) is 1. The molecule has 6 N–H and O–H groups in total. The summed E-state index contributed by atoms with van der Waals surface area (Å²) in [7, 11) is 0. The highest BCUT2D eigenvalue weighted by atomic mass is 19.4. The normalized spacial score (nSPS) is 22.4. The third-order valence-electron chi connectivity index (χ3n) is 12.3. The number of rotatable bonds is 16. The Morgan fingerprint density at radius 1 is 1.03 bits per heavy atom. The van der Waals surface area contributed by atoms with Crippen molar-refractivity contribution in [3.63, 3.8) is 0 Å². The molecule has 0 aliphatic carbocycles. The van der Waals surface area contributed by atoms with Gasteiger partial charge in [-0.05, 0) is 32.0 Å². The molecule has 0 aromatic carbocycles. The minimum absolute atomic E-state index is 0.0653. The molecule has 0 bridgehead atoms. The van der Waals surface area contributed by atoms with E-state index in [1.54, 1.807) is 41.7 Å². The van der Waals surface area contributed by atoms with Crippen molar-refractivity contribution in [1.29, 1.82) is 5.26 Å². The van der Waals surface area contributed by atoms with Gasteiger partial charge in [-0.15, -0.1) is 0 Å². The highest BCUT2D eigenvalue weighted by Crippen LogP contribution is 2.40. The predicted molar refractivity (Wildman–Crippen MR) is 233 cm³/mol. The molecule has 4 aliphatic heterocycles. The quantitative estimate of drug-likeness (QED) is 0.0832. The summed E-state index contributed by atoms with van der Waals surface area (Å²) in [4.78, 5) is 72.0. The van der Waals surface area contributed by atoms with Gasteiger partial charge >= 0.3 is 12.2 Å². The first kappa shape index (κ1) is 46.9. The van der Waals surface area contributed by atoms with Gasteiger partial charge in [-0.2, -0.15) is 18.4 Å². The van der Waals surface area contributed by atoms with Crippen LogP contribution >= 0.6 is 0 Å². The maximum atomic E-state index is 13.4. The number of amides is 3. The van der Waals surface area contributed by atoms with E-state index in [2.05, 4.69) is 52.3 Å². The van der Waals surface area contributed by atoms with Crippen molar-refractivity contribution in [1.82, 2.24) is 55.7 Å². The lowest BCUT2D eigenvalue weighted by Crippen LogP contribution is -2.64. The van der Waals surface area contributed by atoms with Gasteiger partial charge in [-0.1, -0.05) is 6.07 Å². The average molecular weight is 930 g/mol. The van der Waals surface area contributed by atoms with E-state index < -0.39 is 41.7 Å². The van der Waals surface area contributed by atoms with Crippen molar-refractivity contribution in [3.8, 4) is 17.3 Å². The molecule has 24 heteroatoms. The second kappa shape index (κ2) is 19.7. The zero-order valence-corrected chi connectivity index (χ0v) is 36.6. The van der Waals surface area contributed by atoms with E-state index >= 15 is 0 Å². The van der Waals surface area contributed by atoms with Crippen molar-refractivity contribution in [3.05, 3.63) is 77.8 Å². The van der Waals surface area contributed by atoms with E-state index in [9.17, 15) is 43.0 Å². The van der Waals surface area contributed by atoms with Gasteiger partial charge in [0.1, 0.15) is 29.5 Å². The number of piperidine rings is 1. The van der Waals surface area contributed by atoms with Crippen molar-refractivity contribution in [2.75, 3.05) is 87.2 Å². The van der Waals surface area contributed by atoms with Crippen LogP contribution in [-0.4, -0.2) is 176 Å². The minimum Gasteiger partial charge on any atom is -0.389 e. The summed E-state index contributed by atoms with van der Waals surface area (Å²) in [6.07, 6.45) is -0.692. The van der Waals surface area contributed by atoms with Crippen molar-refractivity contribution in [2.24, 2.45) is 0 Å². The summed E-state index contributed by atoms with van der Waals surface area (Å²) in [5.41, 5.74) is 0.656. The Balaban J connectivity index is 0.735. The minimum atomic E-state index is -4.69. The summed E-state index contributed by atoms with van der Waals surface area (Å²) in [6, 6.07) is 7.61.